The molecule has 6 nitrogen and oxygen atoms in total. The third kappa shape index (κ3) is 5.59. The van der Waals surface area contributed by atoms with E-state index in [0.29, 0.717) is 16.9 Å². The lowest BCUT2D eigenvalue weighted by Crippen LogP contribution is -2.39. The molecule has 0 atom stereocenters. The number of hydrogen-bond donors (Lipinski definition) is 0. The second-order valence-corrected chi connectivity index (χ2v) is 9.60. The topological polar surface area (TPSA) is 63.9 Å². The first-order valence-corrected chi connectivity index (χ1v) is 12.7. The molecule has 1 saturated heterocycles. The lowest BCUT2D eigenvalue weighted by Gasteiger charge is -2.32. The molecule has 0 aliphatic carbocycles. The molecule has 0 saturated carbocycles. The van der Waals surface area contributed by atoms with E-state index in [1.807, 2.05) is 27.7 Å². The Bertz CT molecular complexity index is 1260. The molecule has 3 heterocycles. The Balaban J connectivity index is 1.25. The van der Waals surface area contributed by atoms with Gasteiger partial charge in [0.15, 0.2) is 11.0 Å². The predicted molar refractivity (Wildman–Crippen MR) is 135 cm³/mol. The first-order chi connectivity index (χ1) is 17.2. The Hall–Kier alpha value is -3.52. The smallest absolute Gasteiger partial charge is 0.233 e. The SMILES string of the molecule is O=C(CSc1nnc(-c2cccnc2)n1-c1ccc(F)cc1)N1CCC(Cc2ccccc2)CC1. The summed E-state index contributed by atoms with van der Waals surface area (Å²) < 4.78 is 15.4. The van der Waals surface area contributed by atoms with Gasteiger partial charge in [0.1, 0.15) is 5.82 Å². The van der Waals surface area contributed by atoms with Crippen LogP contribution in [-0.4, -0.2) is 49.4 Å². The van der Waals surface area contributed by atoms with Crippen LogP contribution in [0.15, 0.2) is 84.3 Å². The zero-order valence-corrected chi connectivity index (χ0v) is 20.1. The van der Waals surface area contributed by atoms with Gasteiger partial charge in [-0.2, -0.15) is 0 Å². The van der Waals surface area contributed by atoms with Crippen LogP contribution in [0.3, 0.4) is 0 Å². The normalized spacial score (nSPS) is 14.3. The van der Waals surface area contributed by atoms with Crippen LogP contribution in [0.1, 0.15) is 18.4 Å². The van der Waals surface area contributed by atoms with E-state index >= 15 is 0 Å². The van der Waals surface area contributed by atoms with Gasteiger partial charge in [-0.25, -0.2) is 4.39 Å². The van der Waals surface area contributed by atoms with Gasteiger partial charge in [0.25, 0.3) is 0 Å². The van der Waals surface area contributed by atoms with E-state index in [2.05, 4.69) is 39.4 Å². The highest BCUT2D eigenvalue weighted by molar-refractivity contribution is 7.99. The molecule has 0 unspecified atom stereocenters. The standard InChI is InChI=1S/C27H26FN5OS/c28-23-8-10-24(11-9-23)33-26(22-7-4-14-29-18-22)30-31-27(33)35-19-25(34)32-15-12-21(13-16-32)17-20-5-2-1-3-6-20/h1-11,14,18,21H,12-13,15-17,19H2. The number of hydrogen-bond acceptors (Lipinski definition) is 5. The number of likely N-dealkylation sites (tertiary alicyclic amines) is 1. The molecule has 0 bridgehead atoms. The van der Waals surface area contributed by atoms with Crippen LogP contribution in [0.2, 0.25) is 0 Å². The van der Waals surface area contributed by atoms with E-state index < -0.39 is 0 Å². The van der Waals surface area contributed by atoms with Crippen LogP contribution in [0.4, 0.5) is 4.39 Å². The molecule has 2 aromatic heterocycles. The highest BCUT2D eigenvalue weighted by atomic mass is 32.2. The molecule has 4 aromatic rings. The summed E-state index contributed by atoms with van der Waals surface area (Å²) in [5.74, 6) is 1.27. The van der Waals surface area contributed by atoms with Crippen molar-refractivity contribution in [2.45, 2.75) is 24.4 Å². The third-order valence-corrected chi connectivity index (χ3v) is 7.21. The van der Waals surface area contributed by atoms with Crippen molar-refractivity contribution in [1.82, 2.24) is 24.6 Å². The van der Waals surface area contributed by atoms with Gasteiger partial charge in [0, 0.05) is 36.7 Å². The molecule has 5 rings (SSSR count). The van der Waals surface area contributed by atoms with Gasteiger partial charge in [-0.3, -0.25) is 14.3 Å². The molecular weight excluding hydrogens is 461 g/mol. The number of carbonyl (C=O) groups excluding carboxylic acids is 1. The lowest BCUT2D eigenvalue weighted by atomic mass is 9.90. The zero-order chi connectivity index (χ0) is 24.0. The maximum absolute atomic E-state index is 13.6. The lowest BCUT2D eigenvalue weighted by molar-refractivity contribution is -0.129. The van der Waals surface area contributed by atoms with Gasteiger partial charge in [0.05, 0.1) is 5.75 Å². The molecule has 0 radical (unpaired) electrons. The summed E-state index contributed by atoms with van der Waals surface area (Å²) in [5, 5.41) is 9.30. The fourth-order valence-corrected chi connectivity index (χ4v) is 5.27. The molecule has 1 amide bonds. The summed E-state index contributed by atoms with van der Waals surface area (Å²) >= 11 is 1.35. The molecule has 8 heteroatoms. The number of piperidine rings is 1. The van der Waals surface area contributed by atoms with Crippen molar-refractivity contribution in [2.75, 3.05) is 18.8 Å². The van der Waals surface area contributed by atoms with Crippen LogP contribution >= 0.6 is 11.8 Å². The van der Waals surface area contributed by atoms with Crippen molar-refractivity contribution < 1.29 is 9.18 Å². The number of pyridine rings is 1. The average molecular weight is 488 g/mol. The second kappa shape index (κ2) is 10.8. The fraction of sp³-hybridized carbons (Fsp3) is 0.259. The van der Waals surface area contributed by atoms with E-state index in [0.717, 1.165) is 43.6 Å². The molecule has 178 valence electrons. The minimum absolute atomic E-state index is 0.102. The van der Waals surface area contributed by atoms with Gasteiger partial charge in [0.2, 0.25) is 5.91 Å². The van der Waals surface area contributed by atoms with E-state index in [-0.39, 0.29) is 17.5 Å². The fourth-order valence-electron chi connectivity index (χ4n) is 4.42. The summed E-state index contributed by atoms with van der Waals surface area (Å²) in [7, 11) is 0. The van der Waals surface area contributed by atoms with Crippen LogP contribution in [-0.2, 0) is 11.2 Å². The number of benzene rings is 2. The molecule has 0 spiro atoms. The van der Waals surface area contributed by atoms with Gasteiger partial charge in [-0.05, 0) is 67.1 Å². The largest absolute Gasteiger partial charge is 0.342 e. The summed E-state index contributed by atoms with van der Waals surface area (Å²) in [5.41, 5.74) is 2.88. The van der Waals surface area contributed by atoms with Gasteiger partial charge >= 0.3 is 0 Å². The van der Waals surface area contributed by atoms with E-state index in [9.17, 15) is 9.18 Å². The van der Waals surface area contributed by atoms with Crippen LogP contribution in [0, 0.1) is 11.7 Å². The van der Waals surface area contributed by atoms with Crippen molar-refractivity contribution in [3.63, 3.8) is 0 Å². The Labute approximate surface area is 208 Å². The molecule has 1 aliphatic heterocycles. The molecule has 1 fully saturated rings. The van der Waals surface area contributed by atoms with E-state index in [1.54, 1.807) is 24.5 Å². The first kappa shape index (κ1) is 23.2. The molecule has 2 aromatic carbocycles. The third-order valence-electron chi connectivity index (χ3n) is 6.30. The summed E-state index contributed by atoms with van der Waals surface area (Å²) in [4.78, 5) is 19.1. The zero-order valence-electron chi connectivity index (χ0n) is 19.3. The number of rotatable bonds is 7. The number of nitrogens with zero attached hydrogens (tertiary/aromatic N) is 5. The number of aromatic nitrogens is 4. The van der Waals surface area contributed by atoms with Crippen LogP contribution in [0.5, 0.6) is 0 Å². The number of halogens is 1. The maximum atomic E-state index is 13.6. The quantitative estimate of drug-likeness (QED) is 0.342. The van der Waals surface area contributed by atoms with Crippen molar-refractivity contribution in [2.24, 2.45) is 5.92 Å². The van der Waals surface area contributed by atoms with Crippen molar-refractivity contribution in [1.29, 1.82) is 0 Å². The Morgan fingerprint density at radius 1 is 0.971 bits per heavy atom. The van der Waals surface area contributed by atoms with Gasteiger partial charge in [-0.1, -0.05) is 42.1 Å². The van der Waals surface area contributed by atoms with E-state index in [1.165, 1.54) is 29.5 Å². The number of amides is 1. The summed E-state index contributed by atoms with van der Waals surface area (Å²) in [6.07, 6.45) is 6.50. The van der Waals surface area contributed by atoms with Gasteiger partial charge < -0.3 is 4.90 Å². The average Bonchev–Trinajstić information content (AvgIpc) is 3.33. The minimum atomic E-state index is -0.315. The highest BCUT2D eigenvalue weighted by Crippen LogP contribution is 2.29. The molecule has 0 N–H and O–H groups in total. The number of carbonyl (C=O) groups is 1. The highest BCUT2D eigenvalue weighted by Gasteiger charge is 2.24. The Morgan fingerprint density at radius 2 is 1.74 bits per heavy atom. The predicted octanol–water partition coefficient (Wildman–Crippen LogP) is 5.04. The van der Waals surface area contributed by atoms with Crippen molar-refractivity contribution in [3.05, 3.63) is 90.5 Å². The van der Waals surface area contributed by atoms with E-state index in [4.69, 9.17) is 0 Å². The van der Waals surface area contributed by atoms with Crippen LogP contribution in [0.25, 0.3) is 17.1 Å². The minimum Gasteiger partial charge on any atom is -0.342 e. The van der Waals surface area contributed by atoms with Crippen molar-refractivity contribution >= 4 is 17.7 Å². The first-order valence-electron chi connectivity index (χ1n) is 11.7. The second-order valence-electron chi connectivity index (χ2n) is 8.66. The van der Waals surface area contributed by atoms with Crippen LogP contribution < -0.4 is 0 Å². The number of thioether (sulfide) groups is 1. The monoisotopic (exact) mass is 487 g/mol. The molecule has 35 heavy (non-hydrogen) atoms. The Kier molecular flexibility index (Phi) is 7.18. The van der Waals surface area contributed by atoms with Crippen molar-refractivity contribution in [3.8, 4) is 17.1 Å². The summed E-state index contributed by atoms with van der Waals surface area (Å²) in [6, 6.07) is 20.4. The summed E-state index contributed by atoms with van der Waals surface area (Å²) in [6.45, 7) is 1.56. The molecule has 1 aliphatic rings. The Morgan fingerprint density at radius 3 is 2.46 bits per heavy atom. The molecular formula is C27H26FN5OS. The van der Waals surface area contributed by atoms with Gasteiger partial charge in [-0.15, -0.1) is 10.2 Å². The maximum Gasteiger partial charge on any atom is 0.233 e.